The third-order valence-electron chi connectivity index (χ3n) is 4.86. The van der Waals surface area contributed by atoms with Gasteiger partial charge in [0.05, 0.1) is 6.54 Å². The summed E-state index contributed by atoms with van der Waals surface area (Å²) in [4.78, 5) is 15.3. The third-order valence-corrected chi connectivity index (χ3v) is 4.86. The van der Waals surface area contributed by atoms with Crippen LogP contribution in [0.5, 0.6) is 0 Å². The predicted molar refractivity (Wildman–Crippen MR) is 93.3 cm³/mol. The largest absolute Gasteiger partial charge is 0.340 e. The fourth-order valence-electron chi connectivity index (χ4n) is 3.42. The first-order valence-electron chi connectivity index (χ1n) is 8.60. The number of piperidine rings is 1. The average molecular weight is 338 g/mol. The lowest BCUT2D eigenvalue weighted by Crippen LogP contribution is -2.36. The van der Waals surface area contributed by atoms with Crippen molar-refractivity contribution in [1.29, 1.82) is 0 Å². The van der Waals surface area contributed by atoms with Gasteiger partial charge in [0.15, 0.2) is 5.82 Å². The van der Waals surface area contributed by atoms with Gasteiger partial charge in [-0.2, -0.15) is 0 Å². The van der Waals surface area contributed by atoms with Gasteiger partial charge in [-0.3, -0.25) is 0 Å². The highest BCUT2D eigenvalue weighted by molar-refractivity contribution is 5.30. The number of anilines is 1. The van der Waals surface area contributed by atoms with Gasteiger partial charge >= 0.3 is 0 Å². The van der Waals surface area contributed by atoms with Crippen LogP contribution in [0.25, 0.3) is 0 Å². The first kappa shape index (κ1) is 15.7. The van der Waals surface area contributed by atoms with Gasteiger partial charge in [-0.15, -0.1) is 10.2 Å². The van der Waals surface area contributed by atoms with E-state index in [2.05, 4.69) is 46.2 Å². The van der Waals surface area contributed by atoms with E-state index in [4.69, 9.17) is 0 Å². The zero-order valence-corrected chi connectivity index (χ0v) is 14.6. The molecule has 0 amide bonds. The first-order valence-corrected chi connectivity index (χ1v) is 8.60. The predicted octanol–water partition coefficient (Wildman–Crippen LogP) is 1.54. The molecular weight excluding hydrogens is 316 g/mol. The molecule has 4 rings (SSSR count). The second-order valence-electron chi connectivity index (χ2n) is 6.47. The van der Waals surface area contributed by atoms with Crippen LogP contribution in [-0.2, 0) is 13.6 Å². The molecule has 3 aromatic heterocycles. The SMILES string of the molecule is Cc1nccn1Cc1nnc([C@H]2CCCN(c3ncccn3)C2)n1C. The topological polar surface area (TPSA) is 77.6 Å². The Balaban J connectivity index is 1.53. The van der Waals surface area contributed by atoms with Crippen molar-refractivity contribution in [3.8, 4) is 0 Å². The fourth-order valence-corrected chi connectivity index (χ4v) is 3.42. The summed E-state index contributed by atoms with van der Waals surface area (Å²) in [6, 6.07) is 1.85. The van der Waals surface area contributed by atoms with Crippen molar-refractivity contribution in [3.05, 3.63) is 48.3 Å². The summed E-state index contributed by atoms with van der Waals surface area (Å²) in [7, 11) is 2.05. The molecule has 130 valence electrons. The molecule has 8 nitrogen and oxygen atoms in total. The molecule has 0 unspecified atom stereocenters. The van der Waals surface area contributed by atoms with Gasteiger partial charge < -0.3 is 14.0 Å². The van der Waals surface area contributed by atoms with E-state index < -0.39 is 0 Å². The molecule has 8 heteroatoms. The Morgan fingerprint density at radius 1 is 1.12 bits per heavy atom. The molecular formula is C17H22N8. The van der Waals surface area contributed by atoms with E-state index in [1.807, 2.05) is 25.4 Å². The number of aryl methyl sites for hydroxylation is 1. The summed E-state index contributed by atoms with van der Waals surface area (Å²) in [5.74, 6) is 4.10. The maximum Gasteiger partial charge on any atom is 0.225 e. The normalized spacial score (nSPS) is 17.8. The second-order valence-corrected chi connectivity index (χ2v) is 6.47. The van der Waals surface area contributed by atoms with E-state index in [1.165, 1.54) is 0 Å². The van der Waals surface area contributed by atoms with Crippen LogP contribution in [0.1, 0.15) is 36.2 Å². The molecule has 0 aliphatic carbocycles. The van der Waals surface area contributed by atoms with Crippen LogP contribution in [0, 0.1) is 6.92 Å². The lowest BCUT2D eigenvalue weighted by atomic mass is 9.97. The standard InChI is InChI=1S/C17H22N8/c1-13-18-8-10-24(13)12-15-21-22-16(23(15)2)14-5-3-9-25(11-14)17-19-6-4-7-20-17/h4,6-8,10,14H,3,5,9,11-12H2,1-2H3/t14-/m0/s1. The molecule has 1 fully saturated rings. The molecule has 3 aromatic rings. The molecule has 0 radical (unpaired) electrons. The minimum Gasteiger partial charge on any atom is -0.340 e. The molecule has 1 saturated heterocycles. The van der Waals surface area contributed by atoms with Gasteiger partial charge in [-0.05, 0) is 25.8 Å². The monoisotopic (exact) mass is 338 g/mol. The van der Waals surface area contributed by atoms with Crippen molar-refractivity contribution in [2.75, 3.05) is 18.0 Å². The molecule has 0 bridgehead atoms. The zero-order chi connectivity index (χ0) is 17.2. The van der Waals surface area contributed by atoms with Crippen LogP contribution in [0.2, 0.25) is 0 Å². The van der Waals surface area contributed by atoms with Crippen molar-refractivity contribution in [1.82, 2.24) is 34.3 Å². The van der Waals surface area contributed by atoms with Crippen molar-refractivity contribution in [2.45, 2.75) is 32.2 Å². The maximum atomic E-state index is 4.49. The van der Waals surface area contributed by atoms with Crippen molar-refractivity contribution >= 4 is 5.95 Å². The number of aromatic nitrogens is 7. The molecule has 0 aromatic carbocycles. The molecule has 1 aliphatic heterocycles. The average Bonchev–Trinajstić information content (AvgIpc) is 3.22. The van der Waals surface area contributed by atoms with E-state index in [0.717, 1.165) is 49.4 Å². The molecule has 4 heterocycles. The molecule has 25 heavy (non-hydrogen) atoms. The third kappa shape index (κ3) is 3.11. The molecule has 0 saturated carbocycles. The lowest BCUT2D eigenvalue weighted by molar-refractivity contribution is 0.473. The van der Waals surface area contributed by atoms with E-state index >= 15 is 0 Å². The summed E-state index contributed by atoms with van der Waals surface area (Å²) in [5, 5.41) is 8.91. The highest BCUT2D eigenvalue weighted by atomic mass is 15.3. The highest BCUT2D eigenvalue weighted by Crippen LogP contribution is 2.27. The number of hydrogen-bond acceptors (Lipinski definition) is 6. The Bertz CT molecular complexity index is 837. The van der Waals surface area contributed by atoms with E-state index in [0.29, 0.717) is 12.5 Å². The Labute approximate surface area is 146 Å². The van der Waals surface area contributed by atoms with Crippen LogP contribution in [0.4, 0.5) is 5.95 Å². The molecule has 1 atom stereocenters. The Hall–Kier alpha value is -2.77. The number of hydrogen-bond donors (Lipinski definition) is 0. The van der Waals surface area contributed by atoms with Crippen LogP contribution >= 0.6 is 0 Å². The molecule has 0 spiro atoms. The van der Waals surface area contributed by atoms with E-state index in [9.17, 15) is 0 Å². The minimum atomic E-state index is 0.340. The van der Waals surface area contributed by atoms with Gasteiger partial charge in [-0.1, -0.05) is 0 Å². The zero-order valence-electron chi connectivity index (χ0n) is 14.6. The summed E-state index contributed by atoms with van der Waals surface area (Å²) >= 11 is 0. The van der Waals surface area contributed by atoms with E-state index in [-0.39, 0.29) is 0 Å². The highest BCUT2D eigenvalue weighted by Gasteiger charge is 2.27. The first-order chi connectivity index (χ1) is 12.2. The van der Waals surface area contributed by atoms with Crippen molar-refractivity contribution in [2.24, 2.45) is 7.05 Å². The minimum absolute atomic E-state index is 0.340. The Morgan fingerprint density at radius 3 is 2.72 bits per heavy atom. The van der Waals surface area contributed by atoms with Gasteiger partial charge in [-0.25, -0.2) is 15.0 Å². The summed E-state index contributed by atoms with van der Waals surface area (Å²) in [6.07, 6.45) is 9.58. The van der Waals surface area contributed by atoms with Crippen molar-refractivity contribution < 1.29 is 0 Å². The summed E-state index contributed by atoms with van der Waals surface area (Å²) < 4.78 is 4.21. The van der Waals surface area contributed by atoms with Gasteiger partial charge in [0.2, 0.25) is 5.95 Å². The van der Waals surface area contributed by atoms with Gasteiger partial charge in [0, 0.05) is 50.8 Å². The number of nitrogens with zero attached hydrogens (tertiary/aromatic N) is 8. The Morgan fingerprint density at radius 2 is 1.96 bits per heavy atom. The molecule has 0 N–H and O–H groups in total. The molecule has 1 aliphatic rings. The quantitative estimate of drug-likeness (QED) is 0.718. The maximum absolute atomic E-state index is 4.49. The fraction of sp³-hybridized carbons (Fsp3) is 0.471. The summed E-state index contributed by atoms with van der Waals surface area (Å²) in [5.41, 5.74) is 0. The van der Waals surface area contributed by atoms with Crippen LogP contribution in [0.15, 0.2) is 30.9 Å². The van der Waals surface area contributed by atoms with Crippen molar-refractivity contribution in [3.63, 3.8) is 0 Å². The number of imidazole rings is 1. The summed E-state index contributed by atoms with van der Waals surface area (Å²) in [6.45, 7) is 4.54. The Kier molecular flexibility index (Phi) is 4.17. The second kappa shape index (κ2) is 6.62. The van der Waals surface area contributed by atoms with Gasteiger partial charge in [0.1, 0.15) is 11.6 Å². The smallest absolute Gasteiger partial charge is 0.225 e. The van der Waals surface area contributed by atoms with Gasteiger partial charge in [0.25, 0.3) is 0 Å². The van der Waals surface area contributed by atoms with E-state index in [1.54, 1.807) is 12.4 Å². The lowest BCUT2D eigenvalue weighted by Gasteiger charge is -2.32. The van der Waals surface area contributed by atoms with Crippen LogP contribution < -0.4 is 4.90 Å². The number of rotatable bonds is 4. The van der Waals surface area contributed by atoms with Crippen LogP contribution in [0.3, 0.4) is 0 Å². The van der Waals surface area contributed by atoms with Crippen LogP contribution in [-0.4, -0.2) is 47.4 Å².